The molecule has 1 saturated heterocycles. The van der Waals surface area contributed by atoms with Gasteiger partial charge in [0.25, 0.3) is 0 Å². The van der Waals surface area contributed by atoms with E-state index in [0.717, 1.165) is 32.5 Å². The molecule has 0 radical (unpaired) electrons. The third-order valence-corrected chi connectivity index (χ3v) is 4.48. The predicted molar refractivity (Wildman–Crippen MR) is 77.3 cm³/mol. The maximum Gasteiger partial charge on any atom is 0.0674 e. The molecule has 0 aromatic carbocycles. The standard InChI is InChI=1S/C15H30N2O2/c1-4-14-10-19-12(2)9-17(14)8-7-15(3,11-18)16-13-5-6-13/h12-14,16,18H,4-11H2,1-3H3. The topological polar surface area (TPSA) is 44.7 Å². The molecular weight excluding hydrogens is 240 g/mol. The van der Waals surface area contributed by atoms with E-state index in [4.69, 9.17) is 4.74 Å². The molecule has 1 heterocycles. The fourth-order valence-corrected chi connectivity index (χ4v) is 2.87. The van der Waals surface area contributed by atoms with Crippen molar-refractivity contribution in [3.63, 3.8) is 0 Å². The molecule has 0 amide bonds. The van der Waals surface area contributed by atoms with E-state index in [1.165, 1.54) is 12.8 Å². The third kappa shape index (κ3) is 4.42. The molecule has 2 fully saturated rings. The van der Waals surface area contributed by atoms with Gasteiger partial charge in [-0.25, -0.2) is 0 Å². The lowest BCUT2D eigenvalue weighted by Crippen LogP contribution is -2.53. The van der Waals surface area contributed by atoms with Crippen molar-refractivity contribution < 1.29 is 9.84 Å². The maximum atomic E-state index is 9.66. The second-order valence-electron chi connectivity index (χ2n) is 6.59. The van der Waals surface area contributed by atoms with Crippen molar-refractivity contribution in [2.45, 2.75) is 70.2 Å². The van der Waals surface area contributed by atoms with Crippen molar-refractivity contribution in [1.82, 2.24) is 10.2 Å². The highest BCUT2D eigenvalue weighted by Crippen LogP contribution is 2.25. The van der Waals surface area contributed by atoms with Crippen LogP contribution in [0.25, 0.3) is 0 Å². The number of morpholine rings is 1. The molecule has 4 heteroatoms. The number of nitrogens with zero attached hydrogens (tertiary/aromatic N) is 1. The largest absolute Gasteiger partial charge is 0.394 e. The van der Waals surface area contributed by atoms with Crippen LogP contribution in [0.4, 0.5) is 0 Å². The Morgan fingerprint density at radius 2 is 2.16 bits per heavy atom. The Morgan fingerprint density at radius 3 is 2.74 bits per heavy atom. The molecule has 0 aromatic heterocycles. The monoisotopic (exact) mass is 270 g/mol. The smallest absolute Gasteiger partial charge is 0.0674 e. The second kappa shape index (κ2) is 6.53. The van der Waals surface area contributed by atoms with Gasteiger partial charge in [-0.05, 0) is 39.5 Å². The molecule has 4 nitrogen and oxygen atoms in total. The van der Waals surface area contributed by atoms with Crippen LogP contribution in [0.1, 0.15) is 46.5 Å². The van der Waals surface area contributed by atoms with E-state index in [2.05, 4.69) is 31.0 Å². The number of hydrogen-bond donors (Lipinski definition) is 2. The summed E-state index contributed by atoms with van der Waals surface area (Å²) >= 11 is 0. The van der Waals surface area contributed by atoms with E-state index >= 15 is 0 Å². The minimum atomic E-state index is -0.124. The Kier molecular flexibility index (Phi) is 5.23. The molecule has 2 N–H and O–H groups in total. The van der Waals surface area contributed by atoms with Gasteiger partial charge in [-0.2, -0.15) is 0 Å². The van der Waals surface area contributed by atoms with Crippen molar-refractivity contribution in [3.8, 4) is 0 Å². The molecule has 3 unspecified atom stereocenters. The Balaban J connectivity index is 1.83. The molecule has 1 saturated carbocycles. The highest BCUT2D eigenvalue weighted by Gasteiger charge is 2.33. The van der Waals surface area contributed by atoms with Gasteiger partial charge in [-0.15, -0.1) is 0 Å². The van der Waals surface area contributed by atoms with Crippen molar-refractivity contribution in [2.24, 2.45) is 0 Å². The summed E-state index contributed by atoms with van der Waals surface area (Å²) in [6, 6.07) is 1.18. The van der Waals surface area contributed by atoms with Crippen LogP contribution in [0.15, 0.2) is 0 Å². The molecule has 112 valence electrons. The van der Waals surface area contributed by atoms with Gasteiger partial charge >= 0.3 is 0 Å². The molecule has 0 bridgehead atoms. The van der Waals surface area contributed by atoms with Crippen molar-refractivity contribution in [2.75, 3.05) is 26.3 Å². The fourth-order valence-electron chi connectivity index (χ4n) is 2.87. The highest BCUT2D eigenvalue weighted by atomic mass is 16.5. The summed E-state index contributed by atoms with van der Waals surface area (Å²) in [7, 11) is 0. The van der Waals surface area contributed by atoms with Crippen LogP contribution in [0.3, 0.4) is 0 Å². The lowest BCUT2D eigenvalue weighted by molar-refractivity contribution is -0.0587. The Hall–Kier alpha value is -0.160. The first kappa shape index (κ1) is 15.2. The molecule has 3 atom stereocenters. The SMILES string of the molecule is CCC1COC(C)CN1CCC(C)(CO)NC1CC1. The second-order valence-corrected chi connectivity index (χ2v) is 6.59. The fraction of sp³-hybridized carbons (Fsp3) is 1.00. The number of hydrogen-bond acceptors (Lipinski definition) is 4. The van der Waals surface area contributed by atoms with Gasteiger partial charge in [-0.3, -0.25) is 4.90 Å². The van der Waals surface area contributed by atoms with Crippen LogP contribution in [0.5, 0.6) is 0 Å². The quantitative estimate of drug-likeness (QED) is 0.733. The summed E-state index contributed by atoms with van der Waals surface area (Å²) in [6.45, 7) is 9.66. The lowest BCUT2D eigenvalue weighted by atomic mass is 9.97. The van der Waals surface area contributed by atoms with Gasteiger partial charge in [0.05, 0.1) is 19.3 Å². The van der Waals surface area contributed by atoms with Gasteiger partial charge in [0.2, 0.25) is 0 Å². The van der Waals surface area contributed by atoms with Gasteiger partial charge in [0.15, 0.2) is 0 Å². The van der Waals surface area contributed by atoms with Crippen LogP contribution >= 0.6 is 0 Å². The molecule has 2 rings (SSSR count). The van der Waals surface area contributed by atoms with Gasteiger partial charge < -0.3 is 15.2 Å². The number of aliphatic hydroxyl groups is 1. The first-order valence-electron chi connectivity index (χ1n) is 7.80. The molecule has 2 aliphatic rings. The van der Waals surface area contributed by atoms with E-state index in [1.54, 1.807) is 0 Å². The average Bonchev–Trinajstić information content (AvgIpc) is 3.20. The first-order valence-corrected chi connectivity index (χ1v) is 7.80. The first-order chi connectivity index (χ1) is 9.06. The summed E-state index contributed by atoms with van der Waals surface area (Å²) in [5.41, 5.74) is -0.124. The van der Waals surface area contributed by atoms with E-state index in [1.807, 2.05) is 0 Å². The number of aliphatic hydroxyl groups excluding tert-OH is 1. The van der Waals surface area contributed by atoms with Crippen molar-refractivity contribution in [3.05, 3.63) is 0 Å². The summed E-state index contributed by atoms with van der Waals surface area (Å²) in [5, 5.41) is 13.3. The Bertz CT molecular complexity index is 283. The van der Waals surface area contributed by atoms with E-state index in [9.17, 15) is 5.11 Å². The van der Waals surface area contributed by atoms with E-state index < -0.39 is 0 Å². The Morgan fingerprint density at radius 1 is 1.42 bits per heavy atom. The zero-order chi connectivity index (χ0) is 13.9. The average molecular weight is 270 g/mol. The van der Waals surface area contributed by atoms with Gasteiger partial charge in [0, 0.05) is 30.7 Å². The highest BCUT2D eigenvalue weighted by molar-refractivity contribution is 4.93. The third-order valence-electron chi connectivity index (χ3n) is 4.48. The van der Waals surface area contributed by atoms with Crippen LogP contribution < -0.4 is 5.32 Å². The molecule has 19 heavy (non-hydrogen) atoms. The zero-order valence-corrected chi connectivity index (χ0v) is 12.7. The maximum absolute atomic E-state index is 9.66. The van der Waals surface area contributed by atoms with Crippen LogP contribution in [-0.4, -0.2) is 60.0 Å². The number of ether oxygens (including phenoxy) is 1. The molecular formula is C15H30N2O2. The predicted octanol–water partition coefficient (Wildman–Crippen LogP) is 1.38. The van der Waals surface area contributed by atoms with E-state index in [-0.39, 0.29) is 12.1 Å². The molecule has 0 aromatic rings. The normalized spacial score (nSPS) is 32.2. The summed E-state index contributed by atoms with van der Waals surface area (Å²) < 4.78 is 5.74. The molecule has 1 aliphatic heterocycles. The van der Waals surface area contributed by atoms with Crippen LogP contribution in [-0.2, 0) is 4.74 Å². The van der Waals surface area contributed by atoms with Crippen molar-refractivity contribution in [1.29, 1.82) is 0 Å². The number of rotatable bonds is 7. The molecule has 0 spiro atoms. The van der Waals surface area contributed by atoms with Gasteiger partial charge in [0.1, 0.15) is 0 Å². The number of nitrogens with one attached hydrogen (secondary N) is 1. The summed E-state index contributed by atoms with van der Waals surface area (Å²) in [4.78, 5) is 2.54. The summed E-state index contributed by atoms with van der Waals surface area (Å²) in [5.74, 6) is 0. The van der Waals surface area contributed by atoms with E-state index in [0.29, 0.717) is 18.2 Å². The Labute approximate surface area is 117 Å². The minimum absolute atomic E-state index is 0.124. The van der Waals surface area contributed by atoms with Gasteiger partial charge in [-0.1, -0.05) is 6.92 Å². The lowest BCUT2D eigenvalue weighted by Gasteiger charge is -2.40. The van der Waals surface area contributed by atoms with Crippen LogP contribution in [0.2, 0.25) is 0 Å². The minimum Gasteiger partial charge on any atom is -0.394 e. The molecule has 1 aliphatic carbocycles. The van der Waals surface area contributed by atoms with Crippen LogP contribution in [0, 0.1) is 0 Å². The van der Waals surface area contributed by atoms with Crippen molar-refractivity contribution >= 4 is 0 Å². The zero-order valence-electron chi connectivity index (χ0n) is 12.7. The summed E-state index contributed by atoms with van der Waals surface area (Å²) in [6.07, 6.45) is 5.00.